The lowest BCUT2D eigenvalue weighted by atomic mass is 10.1. The maximum absolute atomic E-state index is 11.1. The summed E-state index contributed by atoms with van der Waals surface area (Å²) < 4.78 is 17.2. The number of allylic oxidation sites excluding steroid dienone is 1. The van der Waals surface area contributed by atoms with Crippen molar-refractivity contribution >= 4 is 39.2 Å². The lowest BCUT2D eigenvalue weighted by Crippen LogP contribution is -1.97. The molecule has 28 heavy (non-hydrogen) atoms. The summed E-state index contributed by atoms with van der Waals surface area (Å²) in [6.07, 6.45) is 2.31. The Kier molecular flexibility index (Phi) is 6.16. The molecule has 0 bridgehead atoms. The van der Waals surface area contributed by atoms with Crippen molar-refractivity contribution in [1.29, 1.82) is 0 Å². The topological polar surface area (TPSA) is 77.9 Å². The summed E-state index contributed by atoms with van der Waals surface area (Å²) in [5, 5.41) is 9.95. The van der Waals surface area contributed by atoms with Gasteiger partial charge in [0, 0.05) is 6.42 Å². The van der Waals surface area contributed by atoms with Gasteiger partial charge in [0.2, 0.25) is 5.75 Å². The summed E-state index contributed by atoms with van der Waals surface area (Å²) in [7, 11) is 4.67. The van der Waals surface area contributed by atoms with Crippen molar-refractivity contribution < 1.29 is 24.1 Å². The summed E-state index contributed by atoms with van der Waals surface area (Å²) in [6, 6.07) is 11.5. The number of carboxylic acid groups (broad SMARTS) is 1. The molecule has 7 heteroatoms. The average Bonchev–Trinajstić information content (AvgIpc) is 3.14. The van der Waals surface area contributed by atoms with E-state index >= 15 is 0 Å². The molecule has 1 heterocycles. The molecule has 3 rings (SSSR count). The highest BCUT2D eigenvalue weighted by Crippen LogP contribution is 2.40. The van der Waals surface area contributed by atoms with Crippen LogP contribution in [0.4, 0.5) is 0 Å². The Balaban J connectivity index is 2.09. The van der Waals surface area contributed by atoms with E-state index in [-0.39, 0.29) is 6.42 Å². The highest BCUT2D eigenvalue weighted by atomic mass is 32.1. The maximum atomic E-state index is 11.1. The quantitative estimate of drug-likeness (QED) is 0.590. The van der Waals surface area contributed by atoms with Gasteiger partial charge in [0.15, 0.2) is 11.5 Å². The van der Waals surface area contributed by atoms with Gasteiger partial charge in [-0.25, -0.2) is 4.98 Å². The SMILES string of the molecule is COc1cc(/C=C(/CCC(=O)O)c2nc3ccccc3s2)cc(OC)c1OC. The molecule has 0 aliphatic carbocycles. The highest BCUT2D eigenvalue weighted by molar-refractivity contribution is 7.19. The monoisotopic (exact) mass is 399 g/mol. The van der Waals surface area contributed by atoms with Gasteiger partial charge in [-0.15, -0.1) is 11.3 Å². The van der Waals surface area contributed by atoms with Crippen molar-refractivity contribution in [3.05, 3.63) is 47.0 Å². The average molecular weight is 399 g/mol. The summed E-state index contributed by atoms with van der Waals surface area (Å²) in [4.78, 5) is 15.8. The van der Waals surface area contributed by atoms with E-state index in [0.29, 0.717) is 23.7 Å². The van der Waals surface area contributed by atoms with Gasteiger partial charge in [-0.05, 0) is 47.9 Å². The second kappa shape index (κ2) is 8.75. The second-order valence-electron chi connectivity index (χ2n) is 6.01. The number of rotatable bonds is 8. The normalized spacial score (nSPS) is 11.5. The van der Waals surface area contributed by atoms with Crippen molar-refractivity contribution in [3.8, 4) is 17.2 Å². The molecule has 0 unspecified atom stereocenters. The minimum absolute atomic E-state index is 0.0200. The number of aliphatic carboxylic acids is 1. The van der Waals surface area contributed by atoms with Crippen LogP contribution in [0.2, 0.25) is 0 Å². The molecule has 2 aromatic carbocycles. The highest BCUT2D eigenvalue weighted by Gasteiger charge is 2.15. The first-order valence-corrected chi connectivity index (χ1v) is 9.45. The minimum atomic E-state index is -0.850. The number of hydrogen-bond donors (Lipinski definition) is 1. The number of hydrogen-bond acceptors (Lipinski definition) is 6. The van der Waals surface area contributed by atoms with Gasteiger partial charge in [0.25, 0.3) is 0 Å². The first-order chi connectivity index (χ1) is 13.5. The number of methoxy groups -OCH3 is 3. The first-order valence-electron chi connectivity index (χ1n) is 8.64. The van der Waals surface area contributed by atoms with Crippen LogP contribution in [-0.2, 0) is 4.79 Å². The van der Waals surface area contributed by atoms with Crippen LogP contribution in [0.1, 0.15) is 23.4 Å². The molecule has 0 radical (unpaired) electrons. The van der Waals surface area contributed by atoms with Gasteiger partial charge in [-0.2, -0.15) is 0 Å². The smallest absolute Gasteiger partial charge is 0.303 e. The fourth-order valence-electron chi connectivity index (χ4n) is 2.88. The molecule has 0 spiro atoms. The molecule has 1 aromatic heterocycles. The van der Waals surface area contributed by atoms with Crippen LogP contribution in [0.25, 0.3) is 21.9 Å². The third-order valence-corrected chi connectivity index (χ3v) is 5.32. The molecule has 0 fully saturated rings. The van der Waals surface area contributed by atoms with Gasteiger partial charge in [-0.1, -0.05) is 12.1 Å². The largest absolute Gasteiger partial charge is 0.493 e. The standard InChI is InChI=1S/C21H21NO5S/c1-25-16-11-13(12-17(26-2)20(16)27-3)10-14(8-9-19(23)24)21-22-15-6-4-5-7-18(15)28-21/h4-7,10-12H,8-9H2,1-3H3,(H,23,24)/b14-10-. The number of thiazole rings is 1. The third kappa shape index (κ3) is 4.26. The van der Waals surface area contributed by atoms with E-state index in [1.165, 1.54) is 0 Å². The predicted molar refractivity (Wildman–Crippen MR) is 110 cm³/mol. The molecule has 0 amide bonds. The first kappa shape index (κ1) is 19.7. The van der Waals surface area contributed by atoms with E-state index in [4.69, 9.17) is 19.3 Å². The fraction of sp³-hybridized carbons (Fsp3) is 0.238. The number of aromatic nitrogens is 1. The van der Waals surface area contributed by atoms with E-state index in [1.807, 2.05) is 42.5 Å². The van der Waals surface area contributed by atoms with Crippen LogP contribution < -0.4 is 14.2 Å². The van der Waals surface area contributed by atoms with E-state index in [9.17, 15) is 4.79 Å². The Hall–Kier alpha value is -3.06. The molecule has 0 atom stereocenters. The number of carboxylic acids is 1. The molecule has 0 aliphatic heterocycles. The van der Waals surface area contributed by atoms with Crippen molar-refractivity contribution in [2.24, 2.45) is 0 Å². The van der Waals surface area contributed by atoms with Gasteiger partial charge < -0.3 is 19.3 Å². The number of para-hydroxylation sites is 1. The van der Waals surface area contributed by atoms with Crippen molar-refractivity contribution in [3.63, 3.8) is 0 Å². The number of carbonyl (C=O) groups is 1. The van der Waals surface area contributed by atoms with Crippen LogP contribution in [0.3, 0.4) is 0 Å². The maximum Gasteiger partial charge on any atom is 0.303 e. The molecule has 1 N–H and O–H groups in total. The molecule has 0 saturated heterocycles. The summed E-state index contributed by atoms with van der Waals surface area (Å²) in [5.41, 5.74) is 2.56. The van der Waals surface area contributed by atoms with Crippen molar-refractivity contribution in [1.82, 2.24) is 4.98 Å². The van der Waals surface area contributed by atoms with E-state index < -0.39 is 5.97 Å². The molecule has 0 saturated carbocycles. The Morgan fingerprint density at radius 2 is 1.75 bits per heavy atom. The van der Waals surface area contributed by atoms with Crippen LogP contribution in [0.15, 0.2) is 36.4 Å². The number of nitrogens with zero attached hydrogens (tertiary/aromatic N) is 1. The Morgan fingerprint density at radius 3 is 2.32 bits per heavy atom. The Morgan fingerprint density at radius 1 is 1.07 bits per heavy atom. The molecule has 0 aliphatic rings. The molecule has 146 valence electrons. The zero-order valence-corrected chi connectivity index (χ0v) is 16.7. The second-order valence-corrected chi connectivity index (χ2v) is 7.04. The fourth-order valence-corrected chi connectivity index (χ4v) is 3.89. The van der Waals surface area contributed by atoms with Gasteiger partial charge in [0.05, 0.1) is 31.5 Å². The molecular formula is C21H21NO5S. The number of benzene rings is 2. The number of fused-ring (bicyclic) bond motifs is 1. The van der Waals surface area contributed by atoms with E-state index in [0.717, 1.165) is 26.4 Å². The lowest BCUT2D eigenvalue weighted by Gasteiger charge is -2.13. The minimum Gasteiger partial charge on any atom is -0.493 e. The molecule has 3 aromatic rings. The summed E-state index contributed by atoms with van der Waals surface area (Å²) in [5.74, 6) is 0.732. The van der Waals surface area contributed by atoms with Gasteiger partial charge in [0.1, 0.15) is 5.01 Å². The lowest BCUT2D eigenvalue weighted by molar-refractivity contribution is -0.136. The van der Waals surface area contributed by atoms with Crippen LogP contribution in [-0.4, -0.2) is 37.4 Å². The predicted octanol–water partition coefficient (Wildman–Crippen LogP) is 4.73. The van der Waals surface area contributed by atoms with Gasteiger partial charge >= 0.3 is 5.97 Å². The Bertz CT molecular complexity index is 967. The summed E-state index contributed by atoms with van der Waals surface area (Å²) in [6.45, 7) is 0. The van der Waals surface area contributed by atoms with Crippen LogP contribution >= 0.6 is 11.3 Å². The van der Waals surface area contributed by atoms with Gasteiger partial charge in [-0.3, -0.25) is 4.79 Å². The number of ether oxygens (including phenoxy) is 3. The molecular weight excluding hydrogens is 378 g/mol. The zero-order valence-electron chi connectivity index (χ0n) is 15.9. The van der Waals surface area contributed by atoms with Crippen LogP contribution in [0.5, 0.6) is 17.2 Å². The van der Waals surface area contributed by atoms with Crippen molar-refractivity contribution in [2.75, 3.05) is 21.3 Å². The zero-order chi connectivity index (χ0) is 20.1. The van der Waals surface area contributed by atoms with E-state index in [1.54, 1.807) is 32.7 Å². The molecule has 6 nitrogen and oxygen atoms in total. The summed E-state index contributed by atoms with van der Waals surface area (Å²) >= 11 is 1.54. The van der Waals surface area contributed by atoms with Crippen LogP contribution in [0, 0.1) is 0 Å². The van der Waals surface area contributed by atoms with E-state index in [2.05, 4.69) is 4.98 Å². The van der Waals surface area contributed by atoms with Crippen molar-refractivity contribution in [2.45, 2.75) is 12.8 Å². The third-order valence-electron chi connectivity index (χ3n) is 4.20. The Labute approximate surface area is 167 Å².